The summed E-state index contributed by atoms with van der Waals surface area (Å²) in [5.74, 6) is 1.12. The first-order chi connectivity index (χ1) is 13.0. The van der Waals surface area contributed by atoms with E-state index in [1.54, 1.807) is 24.3 Å². The van der Waals surface area contributed by atoms with E-state index in [-0.39, 0.29) is 19.3 Å². The van der Waals surface area contributed by atoms with Gasteiger partial charge in [-0.25, -0.2) is 0 Å². The molecule has 0 heterocycles. The number of hydrogen-bond donors (Lipinski definition) is 2. The van der Waals surface area contributed by atoms with Gasteiger partial charge in [0.2, 0.25) is 0 Å². The lowest BCUT2D eigenvalue weighted by atomic mass is 10.1. The van der Waals surface area contributed by atoms with Crippen LogP contribution in [0.5, 0.6) is 11.5 Å². The van der Waals surface area contributed by atoms with Gasteiger partial charge in [-0.2, -0.15) is 0 Å². The molecule has 7 heteroatoms. The Morgan fingerprint density at radius 3 is 2.26 bits per heavy atom. The molecular formula is C20H24Cl3NO3. The molecule has 4 nitrogen and oxygen atoms in total. The fraction of sp³-hybridized carbons (Fsp3) is 0.400. The van der Waals surface area contributed by atoms with E-state index < -0.39 is 0 Å². The molecule has 0 aliphatic heterocycles. The fourth-order valence-corrected chi connectivity index (χ4v) is 3.23. The van der Waals surface area contributed by atoms with Crippen molar-refractivity contribution in [3.63, 3.8) is 0 Å². The van der Waals surface area contributed by atoms with Crippen LogP contribution in [0.25, 0.3) is 0 Å². The summed E-state index contributed by atoms with van der Waals surface area (Å²) < 4.78 is 11.6. The van der Waals surface area contributed by atoms with Gasteiger partial charge in [-0.05, 0) is 37.1 Å². The molecule has 0 radical (unpaired) electrons. The summed E-state index contributed by atoms with van der Waals surface area (Å²) in [6, 6.07) is 8.93. The number of halogens is 3. The van der Waals surface area contributed by atoms with E-state index in [1.807, 2.05) is 19.9 Å². The van der Waals surface area contributed by atoms with Crippen LogP contribution in [0.15, 0.2) is 30.3 Å². The third-order valence-electron chi connectivity index (χ3n) is 4.14. The second-order valence-electron chi connectivity index (χ2n) is 5.98. The number of aliphatic hydroxyl groups excluding tert-OH is 1. The van der Waals surface area contributed by atoms with Crippen molar-refractivity contribution in [1.82, 2.24) is 5.32 Å². The average Bonchev–Trinajstić information content (AvgIpc) is 2.65. The maximum absolute atomic E-state index is 9.32. The molecule has 0 fully saturated rings. The largest absolute Gasteiger partial charge is 0.490 e. The molecule has 0 amide bonds. The molecule has 27 heavy (non-hydrogen) atoms. The molecule has 2 rings (SSSR count). The minimum absolute atomic E-state index is 0.0231. The maximum atomic E-state index is 9.32. The molecule has 2 N–H and O–H groups in total. The Labute approximate surface area is 175 Å². The van der Waals surface area contributed by atoms with Gasteiger partial charge in [-0.1, -0.05) is 47.8 Å². The van der Waals surface area contributed by atoms with Gasteiger partial charge in [-0.15, -0.1) is 0 Å². The Morgan fingerprint density at radius 2 is 1.67 bits per heavy atom. The van der Waals surface area contributed by atoms with Crippen LogP contribution >= 0.6 is 34.8 Å². The Balaban J connectivity index is 2.19. The number of benzene rings is 2. The van der Waals surface area contributed by atoms with Crippen molar-refractivity contribution in [3.8, 4) is 11.5 Å². The van der Waals surface area contributed by atoms with E-state index >= 15 is 0 Å². The minimum Gasteiger partial charge on any atom is -0.490 e. The van der Waals surface area contributed by atoms with Crippen LogP contribution < -0.4 is 14.8 Å². The molecule has 2 aromatic carbocycles. The lowest BCUT2D eigenvalue weighted by Gasteiger charge is -2.18. The van der Waals surface area contributed by atoms with Crippen LogP contribution in [0.4, 0.5) is 0 Å². The molecule has 0 spiro atoms. The van der Waals surface area contributed by atoms with Gasteiger partial charge >= 0.3 is 0 Å². The zero-order valence-corrected chi connectivity index (χ0v) is 17.7. The lowest BCUT2D eigenvalue weighted by molar-refractivity contribution is 0.238. The summed E-state index contributed by atoms with van der Waals surface area (Å²) >= 11 is 18.8. The first-order valence-electron chi connectivity index (χ1n) is 8.85. The van der Waals surface area contributed by atoms with Crippen LogP contribution in [-0.2, 0) is 13.2 Å². The van der Waals surface area contributed by atoms with Crippen molar-refractivity contribution in [3.05, 3.63) is 56.5 Å². The van der Waals surface area contributed by atoms with Gasteiger partial charge in [-0.3, -0.25) is 0 Å². The fourth-order valence-electron chi connectivity index (χ4n) is 2.51. The molecule has 148 valence electrons. The third kappa shape index (κ3) is 6.16. The van der Waals surface area contributed by atoms with Gasteiger partial charge in [0.15, 0.2) is 11.5 Å². The van der Waals surface area contributed by atoms with Crippen molar-refractivity contribution < 1.29 is 14.6 Å². The SMILES string of the molecule is CCOc1cc(CNC(CC)CO)c(Cl)cc1OCc1c(Cl)cccc1Cl. The maximum Gasteiger partial charge on any atom is 0.163 e. The van der Waals surface area contributed by atoms with Gasteiger partial charge in [0.25, 0.3) is 0 Å². The summed E-state index contributed by atoms with van der Waals surface area (Å²) in [6.07, 6.45) is 0.826. The zero-order chi connectivity index (χ0) is 19.8. The predicted octanol–water partition coefficient (Wildman–Crippen LogP) is 5.49. The second-order valence-corrected chi connectivity index (χ2v) is 7.20. The highest BCUT2D eigenvalue weighted by atomic mass is 35.5. The summed E-state index contributed by atoms with van der Waals surface area (Å²) in [7, 11) is 0. The average molecular weight is 433 g/mol. The molecule has 0 aliphatic carbocycles. The van der Waals surface area contributed by atoms with Gasteiger partial charge in [0.1, 0.15) is 6.61 Å². The van der Waals surface area contributed by atoms with Crippen LogP contribution in [0.3, 0.4) is 0 Å². The number of hydrogen-bond acceptors (Lipinski definition) is 4. The summed E-state index contributed by atoms with van der Waals surface area (Å²) in [5, 5.41) is 14.2. The van der Waals surface area contributed by atoms with E-state index in [0.717, 1.165) is 12.0 Å². The molecule has 1 atom stereocenters. The Hall–Kier alpha value is -1.17. The normalized spacial score (nSPS) is 12.1. The molecule has 0 bridgehead atoms. The molecule has 0 saturated heterocycles. The zero-order valence-electron chi connectivity index (χ0n) is 15.4. The molecule has 1 unspecified atom stereocenters. The summed E-state index contributed by atoms with van der Waals surface area (Å²) in [6.45, 7) is 5.21. The van der Waals surface area contributed by atoms with Crippen LogP contribution in [0, 0.1) is 0 Å². The van der Waals surface area contributed by atoms with Crippen molar-refractivity contribution >= 4 is 34.8 Å². The van der Waals surface area contributed by atoms with E-state index in [1.165, 1.54) is 0 Å². The number of nitrogens with one attached hydrogen (secondary N) is 1. The van der Waals surface area contributed by atoms with E-state index in [0.29, 0.717) is 45.3 Å². The molecular weight excluding hydrogens is 409 g/mol. The highest BCUT2D eigenvalue weighted by Gasteiger charge is 2.14. The Morgan fingerprint density at radius 1 is 1.00 bits per heavy atom. The van der Waals surface area contributed by atoms with Crippen molar-refractivity contribution in [1.29, 1.82) is 0 Å². The first kappa shape index (κ1) is 22.1. The molecule has 0 aliphatic rings. The smallest absolute Gasteiger partial charge is 0.163 e. The number of ether oxygens (including phenoxy) is 2. The Bertz CT molecular complexity index is 731. The molecule has 0 saturated carbocycles. The standard InChI is InChI=1S/C20H24Cl3NO3/c1-3-14(11-25)24-10-13-8-19(26-4-2)20(9-18(13)23)27-12-15-16(21)6-5-7-17(15)22/h5-9,14,24-25H,3-4,10-12H2,1-2H3. The van der Waals surface area contributed by atoms with E-state index in [2.05, 4.69) is 5.32 Å². The first-order valence-corrected chi connectivity index (χ1v) is 9.98. The van der Waals surface area contributed by atoms with E-state index in [4.69, 9.17) is 44.3 Å². The molecule has 0 aromatic heterocycles. The van der Waals surface area contributed by atoms with Gasteiger partial charge < -0.3 is 19.9 Å². The van der Waals surface area contributed by atoms with Crippen LogP contribution in [-0.4, -0.2) is 24.4 Å². The van der Waals surface area contributed by atoms with Gasteiger partial charge in [0.05, 0.1) is 13.2 Å². The second kappa shape index (κ2) is 11.0. The van der Waals surface area contributed by atoms with Crippen LogP contribution in [0.1, 0.15) is 31.4 Å². The Kier molecular flexibility index (Phi) is 9.00. The number of aliphatic hydroxyl groups is 1. The van der Waals surface area contributed by atoms with Crippen molar-refractivity contribution in [2.24, 2.45) is 0 Å². The molecule has 2 aromatic rings. The van der Waals surface area contributed by atoms with E-state index in [9.17, 15) is 5.11 Å². The monoisotopic (exact) mass is 431 g/mol. The number of rotatable bonds is 10. The van der Waals surface area contributed by atoms with Gasteiger partial charge in [0, 0.05) is 39.3 Å². The lowest BCUT2D eigenvalue weighted by Crippen LogP contribution is -2.31. The van der Waals surface area contributed by atoms with Crippen molar-refractivity contribution in [2.45, 2.75) is 39.5 Å². The third-order valence-corrected chi connectivity index (χ3v) is 5.20. The predicted molar refractivity (Wildman–Crippen MR) is 111 cm³/mol. The van der Waals surface area contributed by atoms with Crippen molar-refractivity contribution in [2.75, 3.05) is 13.2 Å². The minimum atomic E-state index is 0.0231. The summed E-state index contributed by atoms with van der Waals surface area (Å²) in [4.78, 5) is 0. The van der Waals surface area contributed by atoms with Crippen LogP contribution in [0.2, 0.25) is 15.1 Å². The highest BCUT2D eigenvalue weighted by molar-refractivity contribution is 6.36. The quantitative estimate of drug-likeness (QED) is 0.521. The summed E-state index contributed by atoms with van der Waals surface area (Å²) in [5.41, 5.74) is 1.58. The topological polar surface area (TPSA) is 50.7 Å². The highest BCUT2D eigenvalue weighted by Crippen LogP contribution is 2.35.